The number of nitrogens with zero attached hydrogens (tertiary/aromatic N) is 4. The van der Waals surface area contributed by atoms with Crippen LogP contribution in [0.2, 0.25) is 26.0 Å². The highest BCUT2D eigenvalue weighted by Gasteiger charge is 2.09. The molecule has 0 bridgehead atoms. The summed E-state index contributed by atoms with van der Waals surface area (Å²) in [6.07, 6.45) is 0. The molecule has 2 heterocycles. The Kier molecular flexibility index (Phi) is 18.5. The van der Waals surface area contributed by atoms with Crippen LogP contribution in [0.1, 0.15) is 20.8 Å². The van der Waals surface area contributed by atoms with Crippen molar-refractivity contribution in [2.75, 3.05) is 10.6 Å². The van der Waals surface area contributed by atoms with E-state index in [1.165, 1.54) is 32.0 Å². The second kappa shape index (κ2) is 20.6. The molecule has 0 fully saturated rings. The number of rotatable bonds is 4. The third kappa shape index (κ3) is 17.7. The second-order valence-corrected chi connectivity index (χ2v) is 11.5. The molecule has 4 aromatic rings. The van der Waals surface area contributed by atoms with Crippen LogP contribution in [0.15, 0.2) is 60.7 Å². The maximum Gasteiger partial charge on any atom is 0.488 e. The van der Waals surface area contributed by atoms with Crippen LogP contribution in [0, 0.1) is 0 Å². The summed E-state index contributed by atoms with van der Waals surface area (Å²) < 4.78 is 0. The first-order valence-electron chi connectivity index (χ1n) is 12.0. The number of halogens is 7. The Labute approximate surface area is 289 Å². The van der Waals surface area contributed by atoms with Gasteiger partial charge >= 0.3 is 7.12 Å². The zero-order valence-corrected chi connectivity index (χ0v) is 28.4. The Morgan fingerprint density at radius 3 is 1.39 bits per heavy atom. The molecule has 0 atom stereocenters. The van der Waals surface area contributed by atoms with Gasteiger partial charge in [-0.05, 0) is 59.9 Å². The van der Waals surface area contributed by atoms with Crippen molar-refractivity contribution in [1.29, 1.82) is 0 Å². The second-order valence-electron chi connectivity index (χ2n) is 8.08. The third-order valence-electron chi connectivity index (χ3n) is 4.33. The van der Waals surface area contributed by atoms with Crippen LogP contribution in [0.3, 0.4) is 0 Å². The van der Waals surface area contributed by atoms with E-state index < -0.39 is 7.12 Å². The molecular formula is C26H24BCl7N6O4. The van der Waals surface area contributed by atoms with E-state index in [9.17, 15) is 9.59 Å². The van der Waals surface area contributed by atoms with E-state index in [1.807, 2.05) is 12.1 Å². The fourth-order valence-corrected chi connectivity index (χ4v) is 3.87. The molecule has 2 amide bonds. The molecule has 4 N–H and O–H groups in total. The fourth-order valence-electron chi connectivity index (χ4n) is 2.77. The number of carbonyl (C=O) groups is 2. The van der Waals surface area contributed by atoms with Gasteiger partial charge in [0, 0.05) is 42.9 Å². The van der Waals surface area contributed by atoms with Crippen molar-refractivity contribution in [2.24, 2.45) is 0 Å². The molecule has 0 aliphatic heterocycles. The van der Waals surface area contributed by atoms with Crippen molar-refractivity contribution < 1.29 is 19.6 Å². The SMILES string of the molecule is CC(=O)Nc1ccc(-c2cc(Cl)nc(Cl)n2)cc1.CC(=O)Nc1ccc(B(O)O)cc1.CC(Cl)Cl.Clc1cc(Cl)nc(Cl)n1. The first kappa shape index (κ1) is 39.6. The van der Waals surface area contributed by atoms with Gasteiger partial charge in [0.1, 0.15) is 20.3 Å². The summed E-state index contributed by atoms with van der Waals surface area (Å²) in [6, 6.07) is 16.5. The minimum absolute atomic E-state index is 0.0625. The highest BCUT2D eigenvalue weighted by atomic mass is 35.5. The largest absolute Gasteiger partial charge is 0.488 e. The lowest BCUT2D eigenvalue weighted by molar-refractivity contribution is -0.115. The molecule has 0 saturated carbocycles. The molecule has 2 aromatic carbocycles. The van der Waals surface area contributed by atoms with Crippen LogP contribution in [-0.4, -0.2) is 53.8 Å². The summed E-state index contributed by atoms with van der Waals surface area (Å²) in [5, 5.41) is 23.7. The maximum absolute atomic E-state index is 10.9. The van der Waals surface area contributed by atoms with E-state index >= 15 is 0 Å². The van der Waals surface area contributed by atoms with Gasteiger partial charge in [0.25, 0.3) is 0 Å². The Bertz CT molecular complexity index is 1430. The van der Waals surface area contributed by atoms with Crippen LogP contribution in [0.4, 0.5) is 11.4 Å². The van der Waals surface area contributed by atoms with E-state index in [2.05, 4.69) is 30.6 Å². The van der Waals surface area contributed by atoms with Crippen molar-refractivity contribution >= 4 is 117 Å². The van der Waals surface area contributed by atoms with Crippen molar-refractivity contribution in [3.05, 3.63) is 86.7 Å². The van der Waals surface area contributed by atoms with Gasteiger partial charge in [-0.2, -0.15) is 0 Å². The highest BCUT2D eigenvalue weighted by Crippen LogP contribution is 2.23. The molecule has 18 heteroatoms. The molecule has 0 unspecified atom stereocenters. The van der Waals surface area contributed by atoms with Gasteiger partial charge in [-0.15, -0.1) is 23.2 Å². The normalized spacial score (nSPS) is 9.75. The monoisotopic (exact) mass is 740 g/mol. The molecular weight excluding hydrogens is 719 g/mol. The number of hydrogen-bond acceptors (Lipinski definition) is 8. The van der Waals surface area contributed by atoms with E-state index in [-0.39, 0.29) is 42.7 Å². The molecule has 44 heavy (non-hydrogen) atoms. The Balaban J connectivity index is 0.000000326. The van der Waals surface area contributed by atoms with Gasteiger partial charge in [0.2, 0.25) is 22.4 Å². The van der Waals surface area contributed by atoms with Gasteiger partial charge in [0.15, 0.2) is 0 Å². The van der Waals surface area contributed by atoms with Gasteiger partial charge in [-0.25, -0.2) is 19.9 Å². The van der Waals surface area contributed by atoms with Crippen molar-refractivity contribution in [1.82, 2.24) is 19.9 Å². The smallest absolute Gasteiger partial charge is 0.423 e. The van der Waals surface area contributed by atoms with E-state index in [0.717, 1.165) is 11.3 Å². The first-order chi connectivity index (χ1) is 20.5. The highest BCUT2D eigenvalue weighted by molar-refractivity contribution is 6.58. The quantitative estimate of drug-likeness (QED) is 0.0757. The predicted octanol–water partition coefficient (Wildman–Crippen LogP) is 6.98. The molecule has 2 aromatic heterocycles. The van der Waals surface area contributed by atoms with Gasteiger partial charge in [0.05, 0.1) is 5.69 Å². The van der Waals surface area contributed by atoms with Crippen LogP contribution in [0.25, 0.3) is 11.3 Å². The molecule has 0 aliphatic rings. The third-order valence-corrected chi connectivity index (χ3v) is 5.25. The van der Waals surface area contributed by atoms with Crippen LogP contribution in [-0.2, 0) is 9.59 Å². The summed E-state index contributed by atoms with van der Waals surface area (Å²) in [5.74, 6) is -0.270. The topological polar surface area (TPSA) is 150 Å². The number of nitrogens with one attached hydrogen (secondary N) is 2. The van der Waals surface area contributed by atoms with Gasteiger partial charge in [-0.3, -0.25) is 9.59 Å². The molecule has 4 rings (SSSR count). The van der Waals surface area contributed by atoms with Crippen molar-refractivity contribution in [3.63, 3.8) is 0 Å². The Hall–Kier alpha value is -2.45. The van der Waals surface area contributed by atoms with E-state index in [1.54, 1.807) is 37.3 Å². The van der Waals surface area contributed by atoms with Crippen LogP contribution >= 0.6 is 81.2 Å². The number of hydrogen-bond donors (Lipinski definition) is 4. The standard InChI is InChI=1S/C12H9Cl2N3O.C8H10BNO3.C4HCl3N2.C2H4Cl2/c1-7(18)15-9-4-2-8(3-5-9)10-6-11(13)17-12(14)16-10;1-6(11)10-8-4-2-7(3-5-8)9(12)13;5-2-1-3(6)9-4(7)8-2;1-2(3)4/h2-6H,1H3,(H,15,18);2-5,12-13H,1H3,(H,10,11);1H;2H,1H3. The molecule has 234 valence electrons. The van der Waals surface area contributed by atoms with Crippen molar-refractivity contribution in [3.8, 4) is 11.3 Å². The lowest BCUT2D eigenvalue weighted by Gasteiger charge is -2.05. The van der Waals surface area contributed by atoms with E-state index in [0.29, 0.717) is 16.8 Å². The summed E-state index contributed by atoms with van der Waals surface area (Å²) in [5.41, 5.74) is 3.23. The first-order valence-corrected chi connectivity index (χ1v) is 14.8. The van der Waals surface area contributed by atoms with Crippen LogP contribution < -0.4 is 16.1 Å². The fraction of sp³-hybridized carbons (Fsp3) is 0.154. The lowest BCUT2D eigenvalue weighted by Crippen LogP contribution is -2.29. The molecule has 0 aliphatic carbocycles. The number of aromatic nitrogens is 4. The molecule has 10 nitrogen and oxygen atoms in total. The lowest BCUT2D eigenvalue weighted by atomic mass is 9.80. The zero-order valence-electron chi connectivity index (χ0n) is 23.1. The van der Waals surface area contributed by atoms with Gasteiger partial charge in [-0.1, -0.05) is 59.1 Å². The van der Waals surface area contributed by atoms with Crippen LogP contribution in [0.5, 0.6) is 0 Å². The average Bonchev–Trinajstić information content (AvgIpc) is 2.88. The zero-order chi connectivity index (χ0) is 33.4. The molecule has 0 radical (unpaired) electrons. The minimum atomic E-state index is -1.47. The summed E-state index contributed by atoms with van der Waals surface area (Å²) in [7, 11) is -1.47. The number of anilines is 2. The van der Waals surface area contributed by atoms with Gasteiger partial charge < -0.3 is 20.7 Å². The molecule has 0 saturated heterocycles. The number of carbonyl (C=O) groups excluding carboxylic acids is 2. The summed E-state index contributed by atoms with van der Waals surface area (Å²) >= 11 is 37.8. The maximum atomic E-state index is 10.9. The van der Waals surface area contributed by atoms with Crippen molar-refractivity contribution in [2.45, 2.75) is 25.6 Å². The number of alkyl halides is 2. The minimum Gasteiger partial charge on any atom is -0.423 e. The predicted molar refractivity (Wildman–Crippen MR) is 181 cm³/mol. The average molecular weight is 743 g/mol. The number of benzene rings is 2. The van der Waals surface area contributed by atoms with E-state index in [4.69, 9.17) is 91.3 Å². The summed E-state index contributed by atoms with van der Waals surface area (Å²) in [4.78, 5) is 36.3. The number of amides is 2. The summed E-state index contributed by atoms with van der Waals surface area (Å²) in [6.45, 7) is 4.57. The molecule has 0 spiro atoms. The Morgan fingerprint density at radius 1 is 0.682 bits per heavy atom. The Morgan fingerprint density at radius 2 is 1.05 bits per heavy atom.